The van der Waals surface area contributed by atoms with Crippen LogP contribution in [-0.4, -0.2) is 4.57 Å². The van der Waals surface area contributed by atoms with Crippen molar-refractivity contribution in [2.75, 3.05) is 5.32 Å². The van der Waals surface area contributed by atoms with E-state index in [0.29, 0.717) is 34.0 Å². The Bertz CT molecular complexity index is 1550. The van der Waals surface area contributed by atoms with Crippen LogP contribution in [0.1, 0.15) is 18.1 Å². The Hall–Kier alpha value is -3.50. The molecule has 0 saturated heterocycles. The second-order valence-corrected chi connectivity index (χ2v) is 8.41. The molecule has 3 aromatic carbocycles. The number of para-hydroxylation sites is 1. The van der Waals surface area contributed by atoms with E-state index in [0.717, 1.165) is 27.7 Å². The third-order valence-electron chi connectivity index (χ3n) is 5.90. The van der Waals surface area contributed by atoms with Crippen LogP contribution in [0.4, 0.5) is 11.6 Å². The fourth-order valence-corrected chi connectivity index (χ4v) is 4.60. The maximum absolute atomic E-state index is 13.7. The van der Waals surface area contributed by atoms with Gasteiger partial charge in [-0.1, -0.05) is 59.6 Å². The topological polar surface area (TPSA) is 47.2 Å². The molecule has 0 atom stereocenters. The van der Waals surface area contributed by atoms with Gasteiger partial charge in [-0.2, -0.15) is 0 Å². The van der Waals surface area contributed by atoms with E-state index < -0.39 is 0 Å². The van der Waals surface area contributed by atoms with Gasteiger partial charge in [0.1, 0.15) is 0 Å². The van der Waals surface area contributed by atoms with Crippen molar-refractivity contribution in [3.05, 3.63) is 93.2 Å². The minimum atomic E-state index is -0.0893. The van der Waals surface area contributed by atoms with Crippen LogP contribution in [0.3, 0.4) is 0 Å². The summed E-state index contributed by atoms with van der Waals surface area (Å²) in [7, 11) is 0. The number of halogens is 1. The maximum atomic E-state index is 13.7. The molecule has 0 amide bonds. The van der Waals surface area contributed by atoms with Crippen LogP contribution >= 0.6 is 11.6 Å². The lowest BCUT2D eigenvalue weighted by atomic mass is 10.0. The summed E-state index contributed by atoms with van der Waals surface area (Å²) in [6.45, 7) is 6.64. The Morgan fingerprint density at radius 1 is 1.00 bits per heavy atom. The molecule has 0 aliphatic carbocycles. The molecular formula is C27H23ClN2O2. The number of fused-ring (bicyclic) bond motifs is 3. The minimum absolute atomic E-state index is 0.0893. The second kappa shape index (κ2) is 7.88. The molecule has 1 N–H and O–H groups in total. The summed E-state index contributed by atoms with van der Waals surface area (Å²) in [6, 6.07) is 21.6. The number of anilines is 2. The van der Waals surface area contributed by atoms with Crippen molar-refractivity contribution in [3.63, 3.8) is 0 Å². The van der Waals surface area contributed by atoms with Gasteiger partial charge in [-0.15, -0.1) is 0 Å². The van der Waals surface area contributed by atoms with Gasteiger partial charge in [0.05, 0.1) is 16.5 Å². The van der Waals surface area contributed by atoms with Crippen molar-refractivity contribution in [1.82, 2.24) is 4.57 Å². The fraction of sp³-hybridized carbons (Fsp3) is 0.148. The van der Waals surface area contributed by atoms with Crippen LogP contribution in [-0.2, 0) is 6.54 Å². The van der Waals surface area contributed by atoms with Gasteiger partial charge in [-0.05, 0) is 50.6 Å². The average Bonchev–Trinajstić information content (AvgIpc) is 3.16. The molecule has 0 radical (unpaired) electrons. The van der Waals surface area contributed by atoms with Gasteiger partial charge in [0.15, 0.2) is 5.58 Å². The van der Waals surface area contributed by atoms with Crippen molar-refractivity contribution in [2.45, 2.75) is 27.3 Å². The van der Waals surface area contributed by atoms with E-state index in [9.17, 15) is 4.79 Å². The van der Waals surface area contributed by atoms with E-state index in [1.807, 2.05) is 74.5 Å². The number of pyridine rings is 1. The summed E-state index contributed by atoms with van der Waals surface area (Å²) in [5, 5.41) is 5.43. The number of nitrogens with zero attached hydrogens (tertiary/aromatic N) is 1. The number of benzene rings is 3. The summed E-state index contributed by atoms with van der Waals surface area (Å²) in [5.41, 5.74) is 5.96. The van der Waals surface area contributed by atoms with E-state index in [-0.39, 0.29) is 5.56 Å². The Morgan fingerprint density at radius 2 is 1.75 bits per heavy atom. The van der Waals surface area contributed by atoms with Gasteiger partial charge < -0.3 is 14.3 Å². The third-order valence-corrected chi connectivity index (χ3v) is 6.23. The Labute approximate surface area is 191 Å². The van der Waals surface area contributed by atoms with Crippen molar-refractivity contribution in [1.29, 1.82) is 0 Å². The first-order valence-electron chi connectivity index (χ1n) is 10.7. The number of aryl methyl sites for hydroxylation is 3. The Morgan fingerprint density at radius 3 is 2.50 bits per heavy atom. The number of hydrogen-bond donors (Lipinski definition) is 1. The summed E-state index contributed by atoms with van der Waals surface area (Å²) >= 11 is 6.61. The van der Waals surface area contributed by atoms with Crippen LogP contribution < -0.4 is 10.9 Å². The van der Waals surface area contributed by atoms with Gasteiger partial charge in [-0.25, -0.2) is 0 Å². The lowest BCUT2D eigenvalue weighted by Crippen LogP contribution is -2.19. The highest BCUT2D eigenvalue weighted by atomic mass is 35.5. The number of hydrogen-bond acceptors (Lipinski definition) is 3. The molecule has 2 aromatic heterocycles. The lowest BCUT2D eigenvalue weighted by molar-refractivity contribution is 0.637. The molecule has 160 valence electrons. The van der Waals surface area contributed by atoms with Crippen LogP contribution in [0.15, 0.2) is 75.9 Å². The molecule has 0 aliphatic heterocycles. The SMILES string of the molecule is CCn1c(=O)c2c(-c3ccccc3Cl)c(Nc3ccc(C)cc3C)oc2c2ccccc21. The van der Waals surface area contributed by atoms with Crippen LogP contribution in [0.5, 0.6) is 0 Å². The molecule has 2 heterocycles. The first kappa shape index (κ1) is 20.4. The molecule has 5 rings (SSSR count). The number of rotatable bonds is 4. The Balaban J connectivity index is 1.90. The monoisotopic (exact) mass is 442 g/mol. The summed E-state index contributed by atoms with van der Waals surface area (Å²) in [6.07, 6.45) is 0. The number of aromatic nitrogens is 1. The summed E-state index contributed by atoms with van der Waals surface area (Å²) in [5.74, 6) is 0.510. The third kappa shape index (κ3) is 3.19. The highest BCUT2D eigenvalue weighted by molar-refractivity contribution is 6.34. The summed E-state index contributed by atoms with van der Waals surface area (Å²) in [4.78, 5) is 13.7. The fourth-order valence-electron chi connectivity index (χ4n) is 4.37. The second-order valence-electron chi connectivity index (χ2n) is 8.00. The predicted molar refractivity (Wildman–Crippen MR) is 133 cm³/mol. The van der Waals surface area contributed by atoms with Gasteiger partial charge in [0.25, 0.3) is 5.56 Å². The molecule has 0 spiro atoms. The molecule has 0 aliphatic rings. The zero-order chi connectivity index (χ0) is 22.4. The minimum Gasteiger partial charge on any atom is -0.439 e. The van der Waals surface area contributed by atoms with E-state index in [2.05, 4.69) is 18.3 Å². The van der Waals surface area contributed by atoms with Crippen LogP contribution in [0.2, 0.25) is 5.02 Å². The zero-order valence-electron chi connectivity index (χ0n) is 18.2. The highest BCUT2D eigenvalue weighted by Crippen LogP contribution is 2.43. The normalized spacial score (nSPS) is 11.4. The maximum Gasteiger partial charge on any atom is 0.262 e. The molecule has 0 bridgehead atoms. The van der Waals surface area contributed by atoms with Crippen molar-refractivity contribution >= 4 is 45.0 Å². The van der Waals surface area contributed by atoms with Crippen LogP contribution in [0, 0.1) is 13.8 Å². The van der Waals surface area contributed by atoms with Crippen LogP contribution in [0.25, 0.3) is 33.0 Å². The highest BCUT2D eigenvalue weighted by Gasteiger charge is 2.24. The van der Waals surface area contributed by atoms with Gasteiger partial charge >= 0.3 is 0 Å². The zero-order valence-corrected chi connectivity index (χ0v) is 19.0. The van der Waals surface area contributed by atoms with Crippen molar-refractivity contribution < 1.29 is 4.42 Å². The largest absolute Gasteiger partial charge is 0.439 e. The molecule has 4 nitrogen and oxygen atoms in total. The van der Waals surface area contributed by atoms with Crippen molar-refractivity contribution in [3.8, 4) is 11.1 Å². The molecular weight excluding hydrogens is 420 g/mol. The quantitative estimate of drug-likeness (QED) is 0.314. The standard InChI is InChI=1S/C27H23ClN2O2/c1-4-30-22-12-8-6-10-19(22)25-24(27(30)31)23(18-9-5-7-11-20(18)28)26(32-25)29-21-14-13-16(2)15-17(21)3/h5-15,29H,4H2,1-3H3. The molecule has 0 fully saturated rings. The lowest BCUT2D eigenvalue weighted by Gasteiger charge is -2.11. The smallest absolute Gasteiger partial charge is 0.262 e. The van der Waals surface area contributed by atoms with Gasteiger partial charge in [0.2, 0.25) is 5.88 Å². The van der Waals surface area contributed by atoms with E-state index >= 15 is 0 Å². The van der Waals surface area contributed by atoms with Gasteiger partial charge in [-0.3, -0.25) is 4.79 Å². The molecule has 0 saturated carbocycles. The average molecular weight is 443 g/mol. The molecule has 32 heavy (non-hydrogen) atoms. The van der Waals surface area contributed by atoms with E-state index in [1.165, 1.54) is 5.56 Å². The van der Waals surface area contributed by atoms with E-state index in [4.69, 9.17) is 16.0 Å². The Kier molecular flexibility index (Phi) is 5.03. The van der Waals surface area contributed by atoms with E-state index in [1.54, 1.807) is 4.57 Å². The molecule has 5 heteroatoms. The molecule has 0 unspecified atom stereocenters. The van der Waals surface area contributed by atoms with Gasteiger partial charge in [0, 0.05) is 28.2 Å². The van der Waals surface area contributed by atoms with Crippen molar-refractivity contribution in [2.24, 2.45) is 0 Å². The number of furan rings is 1. The summed E-state index contributed by atoms with van der Waals surface area (Å²) < 4.78 is 8.19. The number of nitrogens with one attached hydrogen (secondary N) is 1. The predicted octanol–water partition coefficient (Wildman–Crippen LogP) is 7.45. The first-order chi connectivity index (χ1) is 15.5. The first-order valence-corrected chi connectivity index (χ1v) is 11.0. The molecule has 5 aromatic rings.